The highest BCUT2D eigenvalue weighted by Crippen LogP contribution is 2.11. The monoisotopic (exact) mass is 338 g/mol. The molecule has 0 radical (unpaired) electrons. The third kappa shape index (κ3) is 6.91. The number of hydrogen-bond donors (Lipinski definition) is 2. The van der Waals surface area contributed by atoms with Crippen LogP contribution in [0.25, 0.3) is 0 Å². The Kier molecular flexibility index (Phi) is 7.25. The van der Waals surface area contributed by atoms with Crippen LogP contribution in [0.2, 0.25) is 0 Å². The van der Waals surface area contributed by atoms with Crippen molar-refractivity contribution in [1.29, 1.82) is 0 Å². The van der Waals surface area contributed by atoms with E-state index in [-0.39, 0.29) is 11.8 Å². The van der Waals surface area contributed by atoms with Crippen molar-refractivity contribution in [2.75, 3.05) is 18.5 Å². The first-order valence-corrected chi connectivity index (χ1v) is 8.14. The van der Waals surface area contributed by atoms with Gasteiger partial charge >= 0.3 is 0 Å². The van der Waals surface area contributed by atoms with Crippen LogP contribution in [-0.2, 0) is 16.0 Å². The molecule has 2 N–H and O–H groups in total. The summed E-state index contributed by atoms with van der Waals surface area (Å²) < 4.78 is 5.52. The molecule has 0 aliphatic heterocycles. The Morgan fingerprint density at radius 2 is 1.76 bits per heavy atom. The second kappa shape index (κ2) is 9.93. The first-order valence-electron chi connectivity index (χ1n) is 8.14. The summed E-state index contributed by atoms with van der Waals surface area (Å²) in [6, 6.07) is 16.9. The maximum atomic E-state index is 11.8. The van der Waals surface area contributed by atoms with E-state index < -0.39 is 0 Å². The number of nitrogens with one attached hydrogen (secondary N) is 2. The van der Waals surface area contributed by atoms with E-state index in [4.69, 9.17) is 4.74 Å². The van der Waals surface area contributed by atoms with Crippen LogP contribution in [0.3, 0.4) is 0 Å². The Hall–Kier alpha value is -3.08. The van der Waals surface area contributed by atoms with Crippen LogP contribution >= 0.6 is 0 Å². The Balaban J connectivity index is 1.64. The van der Waals surface area contributed by atoms with Crippen molar-refractivity contribution in [3.63, 3.8) is 0 Å². The third-order valence-corrected chi connectivity index (χ3v) is 3.48. The molecular weight excluding hydrogens is 316 g/mol. The van der Waals surface area contributed by atoms with Gasteiger partial charge in [-0.15, -0.1) is 0 Å². The van der Waals surface area contributed by atoms with Crippen molar-refractivity contribution in [1.82, 2.24) is 5.32 Å². The molecule has 25 heavy (non-hydrogen) atoms. The third-order valence-electron chi connectivity index (χ3n) is 3.48. The summed E-state index contributed by atoms with van der Waals surface area (Å²) in [5, 5.41) is 5.52. The minimum absolute atomic E-state index is 0.0132. The number of hydrogen-bond acceptors (Lipinski definition) is 3. The fourth-order valence-corrected chi connectivity index (χ4v) is 2.17. The van der Waals surface area contributed by atoms with E-state index in [0.29, 0.717) is 31.7 Å². The molecule has 2 rings (SSSR count). The Morgan fingerprint density at radius 3 is 2.44 bits per heavy atom. The van der Waals surface area contributed by atoms with Crippen LogP contribution in [0.1, 0.15) is 12.0 Å². The van der Waals surface area contributed by atoms with Crippen LogP contribution in [0.4, 0.5) is 5.69 Å². The van der Waals surface area contributed by atoms with Crippen LogP contribution in [0, 0.1) is 0 Å². The molecule has 5 heteroatoms. The number of rotatable bonds is 9. The quantitative estimate of drug-likeness (QED) is 0.546. The summed E-state index contributed by atoms with van der Waals surface area (Å²) in [7, 11) is 0. The lowest BCUT2D eigenvalue weighted by atomic mass is 10.1. The van der Waals surface area contributed by atoms with E-state index in [1.807, 2.05) is 54.6 Å². The van der Waals surface area contributed by atoms with Crippen molar-refractivity contribution in [3.8, 4) is 5.75 Å². The van der Waals surface area contributed by atoms with Gasteiger partial charge in [0, 0.05) is 12.1 Å². The number of carbonyl (C=O) groups excluding carboxylic acids is 2. The predicted molar refractivity (Wildman–Crippen MR) is 98.5 cm³/mol. The molecule has 0 saturated carbocycles. The van der Waals surface area contributed by atoms with E-state index in [9.17, 15) is 9.59 Å². The average Bonchev–Trinajstić information content (AvgIpc) is 2.65. The smallest absolute Gasteiger partial charge is 0.247 e. The second-order valence-electron chi connectivity index (χ2n) is 5.40. The largest absolute Gasteiger partial charge is 0.492 e. The van der Waals surface area contributed by atoms with Crippen LogP contribution in [0.15, 0.2) is 67.3 Å². The highest BCUT2D eigenvalue weighted by Gasteiger charge is 2.03. The summed E-state index contributed by atoms with van der Waals surface area (Å²) >= 11 is 0. The highest BCUT2D eigenvalue weighted by atomic mass is 16.5. The molecule has 0 atom stereocenters. The minimum atomic E-state index is -0.246. The number of amides is 2. The van der Waals surface area contributed by atoms with Gasteiger partial charge in [-0.05, 0) is 42.3 Å². The van der Waals surface area contributed by atoms with Gasteiger partial charge in [0.25, 0.3) is 0 Å². The standard InChI is InChI=1S/C20H22N2O3/c1-2-19(23)22-17-11-8-16(9-12-17)10-13-20(24)21-14-15-25-18-6-4-3-5-7-18/h2-9,11-12H,1,10,13-15H2,(H,21,24)(H,22,23). The summed E-state index contributed by atoms with van der Waals surface area (Å²) in [6.45, 7) is 4.32. The van der Waals surface area contributed by atoms with E-state index in [1.165, 1.54) is 6.08 Å². The molecule has 5 nitrogen and oxygen atoms in total. The zero-order chi connectivity index (χ0) is 17.9. The molecule has 0 unspecified atom stereocenters. The summed E-state index contributed by atoms with van der Waals surface area (Å²) in [4.78, 5) is 23.0. The van der Waals surface area contributed by atoms with E-state index in [0.717, 1.165) is 11.3 Å². The molecule has 0 spiro atoms. The lowest BCUT2D eigenvalue weighted by molar-refractivity contribution is -0.121. The zero-order valence-electron chi connectivity index (χ0n) is 14.0. The van der Waals surface area contributed by atoms with Crippen molar-refractivity contribution >= 4 is 17.5 Å². The van der Waals surface area contributed by atoms with Crippen LogP contribution < -0.4 is 15.4 Å². The zero-order valence-corrected chi connectivity index (χ0v) is 14.0. The van der Waals surface area contributed by atoms with Crippen molar-refractivity contribution in [3.05, 3.63) is 72.8 Å². The normalized spacial score (nSPS) is 9.92. The predicted octanol–water partition coefficient (Wildman–Crippen LogP) is 2.94. The minimum Gasteiger partial charge on any atom is -0.492 e. The van der Waals surface area contributed by atoms with Crippen molar-refractivity contribution in [2.45, 2.75) is 12.8 Å². The molecule has 2 amide bonds. The summed E-state index contributed by atoms with van der Waals surface area (Å²) in [5.41, 5.74) is 1.74. The Morgan fingerprint density at radius 1 is 1.04 bits per heavy atom. The molecule has 0 bridgehead atoms. The van der Waals surface area contributed by atoms with Gasteiger partial charge in [0.1, 0.15) is 12.4 Å². The molecule has 0 aliphatic rings. The molecule has 0 saturated heterocycles. The molecular formula is C20H22N2O3. The second-order valence-corrected chi connectivity index (χ2v) is 5.40. The number of ether oxygens (including phenoxy) is 1. The van der Waals surface area contributed by atoms with Gasteiger partial charge in [0.2, 0.25) is 11.8 Å². The summed E-state index contributed by atoms with van der Waals surface area (Å²) in [6.07, 6.45) is 2.27. The van der Waals surface area contributed by atoms with Crippen LogP contribution in [0.5, 0.6) is 5.75 Å². The van der Waals surface area contributed by atoms with Gasteiger partial charge in [-0.3, -0.25) is 9.59 Å². The maximum Gasteiger partial charge on any atom is 0.247 e. The van der Waals surface area contributed by atoms with Gasteiger partial charge in [0.15, 0.2) is 0 Å². The number of benzene rings is 2. The van der Waals surface area contributed by atoms with Gasteiger partial charge in [-0.25, -0.2) is 0 Å². The molecule has 0 aliphatic carbocycles. The molecule has 2 aromatic rings. The highest BCUT2D eigenvalue weighted by molar-refractivity contribution is 5.98. The van der Waals surface area contributed by atoms with E-state index in [1.54, 1.807) is 0 Å². The van der Waals surface area contributed by atoms with Gasteiger partial charge in [-0.1, -0.05) is 36.9 Å². The van der Waals surface area contributed by atoms with Gasteiger partial charge < -0.3 is 15.4 Å². The Bertz CT molecular complexity index is 697. The van der Waals surface area contributed by atoms with E-state index in [2.05, 4.69) is 17.2 Å². The molecule has 0 heterocycles. The fourth-order valence-electron chi connectivity index (χ4n) is 2.17. The first-order chi connectivity index (χ1) is 12.2. The number of carbonyl (C=O) groups is 2. The van der Waals surface area contributed by atoms with Gasteiger partial charge in [-0.2, -0.15) is 0 Å². The topological polar surface area (TPSA) is 67.4 Å². The number of para-hydroxylation sites is 1. The van der Waals surface area contributed by atoms with Crippen molar-refractivity contribution in [2.24, 2.45) is 0 Å². The molecule has 130 valence electrons. The van der Waals surface area contributed by atoms with E-state index >= 15 is 0 Å². The fraction of sp³-hybridized carbons (Fsp3) is 0.200. The molecule has 0 fully saturated rings. The number of aryl methyl sites for hydroxylation is 1. The maximum absolute atomic E-state index is 11.8. The average molecular weight is 338 g/mol. The summed E-state index contributed by atoms with van der Waals surface area (Å²) in [5.74, 6) is 0.533. The Labute approximate surface area is 147 Å². The van der Waals surface area contributed by atoms with Gasteiger partial charge in [0.05, 0.1) is 6.54 Å². The first kappa shape index (κ1) is 18.3. The SMILES string of the molecule is C=CC(=O)Nc1ccc(CCC(=O)NCCOc2ccccc2)cc1. The molecule has 2 aromatic carbocycles. The number of anilines is 1. The lowest BCUT2D eigenvalue weighted by Crippen LogP contribution is -2.28. The van der Waals surface area contributed by atoms with Crippen LogP contribution in [-0.4, -0.2) is 25.0 Å². The van der Waals surface area contributed by atoms with Crippen molar-refractivity contribution < 1.29 is 14.3 Å². The molecule has 0 aromatic heterocycles. The lowest BCUT2D eigenvalue weighted by Gasteiger charge is -2.08.